The first-order chi connectivity index (χ1) is 8.19. The lowest BCUT2D eigenvalue weighted by Crippen LogP contribution is -2.10. The van der Waals surface area contributed by atoms with Crippen LogP contribution in [0.3, 0.4) is 0 Å². The Kier molecular flexibility index (Phi) is 4.99. The van der Waals surface area contributed by atoms with Crippen LogP contribution in [0, 0.1) is 11.3 Å². The van der Waals surface area contributed by atoms with Crippen molar-refractivity contribution in [3.63, 3.8) is 0 Å². The number of rotatable bonds is 4. The number of ether oxygens (including phenoxy) is 1. The largest absolute Gasteiger partial charge is 0.462 e. The highest BCUT2D eigenvalue weighted by Gasteiger charge is 2.17. The lowest BCUT2D eigenvalue weighted by molar-refractivity contribution is 0.0526. The molecular weight excluding hydrogens is 238 g/mol. The number of nitriles is 1. The van der Waals surface area contributed by atoms with Crippen LogP contribution in [0.2, 0.25) is 0 Å². The molecule has 0 bridgehead atoms. The summed E-state index contributed by atoms with van der Waals surface area (Å²) < 4.78 is 4.92. The number of hydrogen-bond acceptors (Lipinski definition) is 3. The minimum atomic E-state index is -0.458. The fourth-order valence-corrected chi connectivity index (χ4v) is 1.98. The quantitative estimate of drug-likeness (QED) is 0.610. The summed E-state index contributed by atoms with van der Waals surface area (Å²) >= 11 is 5.81. The molecule has 0 unspecified atom stereocenters. The van der Waals surface area contributed by atoms with Gasteiger partial charge in [0.25, 0.3) is 0 Å². The Labute approximate surface area is 106 Å². The molecule has 0 saturated carbocycles. The summed E-state index contributed by atoms with van der Waals surface area (Å²) in [5, 5.41) is 9.17. The van der Waals surface area contributed by atoms with E-state index in [0.717, 1.165) is 11.1 Å². The standard InChI is InChI=1S/C13H14ClNO2/c1-3-10-9(7-14)5-6-11(12(10)8-15)13(16)17-4-2/h5-6H,3-4,7H2,1-2H3. The van der Waals surface area contributed by atoms with Gasteiger partial charge in [-0.25, -0.2) is 4.79 Å². The van der Waals surface area contributed by atoms with Gasteiger partial charge in [-0.2, -0.15) is 5.26 Å². The van der Waals surface area contributed by atoms with Crippen LogP contribution in [0.15, 0.2) is 12.1 Å². The van der Waals surface area contributed by atoms with Crippen LogP contribution in [-0.4, -0.2) is 12.6 Å². The van der Waals surface area contributed by atoms with Crippen LogP contribution in [0.4, 0.5) is 0 Å². The molecule has 0 atom stereocenters. The first kappa shape index (κ1) is 13.5. The number of nitrogens with zero attached hydrogens (tertiary/aromatic N) is 1. The van der Waals surface area contributed by atoms with Crippen LogP contribution in [0.5, 0.6) is 0 Å². The van der Waals surface area contributed by atoms with Crippen molar-refractivity contribution in [1.29, 1.82) is 5.26 Å². The molecule has 90 valence electrons. The van der Waals surface area contributed by atoms with E-state index < -0.39 is 5.97 Å². The normalized spacial score (nSPS) is 9.76. The van der Waals surface area contributed by atoms with Gasteiger partial charge in [0.05, 0.1) is 17.7 Å². The minimum Gasteiger partial charge on any atom is -0.462 e. The number of esters is 1. The van der Waals surface area contributed by atoms with E-state index in [4.69, 9.17) is 21.6 Å². The van der Waals surface area contributed by atoms with Crippen molar-refractivity contribution in [3.05, 3.63) is 34.4 Å². The van der Waals surface area contributed by atoms with Crippen molar-refractivity contribution in [3.8, 4) is 6.07 Å². The Morgan fingerprint density at radius 2 is 2.18 bits per heavy atom. The van der Waals surface area contributed by atoms with E-state index in [0.29, 0.717) is 30.0 Å². The van der Waals surface area contributed by atoms with Gasteiger partial charge in [-0.05, 0) is 30.5 Å². The second-order valence-corrected chi connectivity index (χ2v) is 3.71. The molecule has 0 amide bonds. The van der Waals surface area contributed by atoms with Gasteiger partial charge in [0.2, 0.25) is 0 Å². The van der Waals surface area contributed by atoms with Gasteiger partial charge in [0, 0.05) is 5.88 Å². The molecule has 0 radical (unpaired) electrons. The molecule has 0 aliphatic carbocycles. The summed E-state index contributed by atoms with van der Waals surface area (Å²) in [6.07, 6.45) is 0.665. The highest BCUT2D eigenvalue weighted by Crippen LogP contribution is 2.22. The van der Waals surface area contributed by atoms with Crippen molar-refractivity contribution < 1.29 is 9.53 Å². The predicted octanol–water partition coefficient (Wildman–Crippen LogP) is 3.04. The maximum Gasteiger partial charge on any atom is 0.339 e. The van der Waals surface area contributed by atoms with Crippen LogP contribution < -0.4 is 0 Å². The Balaban J connectivity index is 3.34. The Morgan fingerprint density at radius 3 is 2.65 bits per heavy atom. The van der Waals surface area contributed by atoms with Gasteiger partial charge >= 0.3 is 5.97 Å². The molecule has 1 rings (SSSR count). The first-order valence-corrected chi connectivity index (χ1v) is 6.00. The molecule has 0 fully saturated rings. The minimum absolute atomic E-state index is 0.294. The second-order valence-electron chi connectivity index (χ2n) is 3.45. The topological polar surface area (TPSA) is 50.1 Å². The van der Waals surface area contributed by atoms with Crippen molar-refractivity contribution in [2.45, 2.75) is 26.1 Å². The van der Waals surface area contributed by atoms with Crippen LogP contribution in [-0.2, 0) is 17.0 Å². The summed E-state index contributed by atoms with van der Waals surface area (Å²) in [6, 6.07) is 5.45. The van der Waals surface area contributed by atoms with Crippen LogP contribution in [0.1, 0.15) is 40.9 Å². The molecule has 0 aliphatic heterocycles. The number of benzene rings is 1. The average Bonchev–Trinajstić information content (AvgIpc) is 2.36. The molecular formula is C13H14ClNO2. The second kappa shape index (κ2) is 6.27. The zero-order chi connectivity index (χ0) is 12.8. The van der Waals surface area contributed by atoms with E-state index in [-0.39, 0.29) is 0 Å². The molecule has 17 heavy (non-hydrogen) atoms. The number of alkyl halides is 1. The Morgan fingerprint density at radius 1 is 1.47 bits per heavy atom. The smallest absolute Gasteiger partial charge is 0.339 e. The maximum atomic E-state index is 11.7. The Bertz CT molecular complexity index is 463. The van der Waals surface area contributed by atoms with E-state index in [1.54, 1.807) is 19.1 Å². The zero-order valence-electron chi connectivity index (χ0n) is 9.92. The van der Waals surface area contributed by atoms with E-state index in [2.05, 4.69) is 6.07 Å². The van der Waals surface area contributed by atoms with Gasteiger partial charge in [-0.1, -0.05) is 13.0 Å². The molecule has 0 N–H and O–H groups in total. The molecule has 3 nitrogen and oxygen atoms in total. The summed E-state index contributed by atoms with van der Waals surface area (Å²) in [5.74, 6) is -0.124. The molecule has 1 aromatic carbocycles. The molecule has 0 aliphatic rings. The van der Waals surface area contributed by atoms with Crippen molar-refractivity contribution in [2.75, 3.05) is 6.61 Å². The summed E-state index contributed by atoms with van der Waals surface area (Å²) in [6.45, 7) is 3.96. The van der Waals surface area contributed by atoms with Gasteiger partial charge in [0.1, 0.15) is 6.07 Å². The van der Waals surface area contributed by atoms with Gasteiger partial charge in [0.15, 0.2) is 0 Å². The molecule has 0 saturated heterocycles. The van der Waals surface area contributed by atoms with Crippen molar-refractivity contribution in [2.24, 2.45) is 0 Å². The monoisotopic (exact) mass is 251 g/mol. The van der Waals surface area contributed by atoms with Crippen LogP contribution in [0.25, 0.3) is 0 Å². The van der Waals surface area contributed by atoms with Gasteiger partial charge < -0.3 is 4.74 Å². The fourth-order valence-electron chi connectivity index (χ4n) is 1.73. The maximum absolute atomic E-state index is 11.7. The average molecular weight is 252 g/mol. The van der Waals surface area contributed by atoms with Gasteiger partial charge in [-0.15, -0.1) is 11.6 Å². The van der Waals surface area contributed by atoms with Crippen LogP contribution >= 0.6 is 11.6 Å². The predicted molar refractivity (Wildman–Crippen MR) is 66.0 cm³/mol. The molecule has 0 aromatic heterocycles. The Hall–Kier alpha value is -1.53. The van der Waals surface area contributed by atoms with E-state index in [1.165, 1.54) is 0 Å². The number of hydrogen-bond donors (Lipinski definition) is 0. The summed E-state index contributed by atoms with van der Waals surface area (Å²) in [5.41, 5.74) is 2.41. The number of carbonyl (C=O) groups excluding carboxylic acids is 1. The summed E-state index contributed by atoms with van der Waals surface area (Å²) in [4.78, 5) is 11.7. The van der Waals surface area contributed by atoms with E-state index in [9.17, 15) is 4.79 Å². The number of carbonyl (C=O) groups is 1. The molecule has 4 heteroatoms. The van der Waals surface area contributed by atoms with E-state index >= 15 is 0 Å². The molecule has 0 heterocycles. The SMILES string of the molecule is CCOC(=O)c1ccc(CCl)c(CC)c1C#N. The number of halogens is 1. The highest BCUT2D eigenvalue weighted by molar-refractivity contribution is 6.17. The van der Waals surface area contributed by atoms with Crippen molar-refractivity contribution >= 4 is 17.6 Å². The third-order valence-electron chi connectivity index (χ3n) is 2.51. The zero-order valence-corrected chi connectivity index (χ0v) is 10.7. The fraction of sp³-hybridized carbons (Fsp3) is 0.385. The van der Waals surface area contributed by atoms with Gasteiger partial charge in [-0.3, -0.25) is 0 Å². The molecule has 1 aromatic rings. The lowest BCUT2D eigenvalue weighted by Gasteiger charge is -2.11. The highest BCUT2D eigenvalue weighted by atomic mass is 35.5. The third kappa shape index (κ3) is 2.78. The molecule has 0 spiro atoms. The first-order valence-electron chi connectivity index (χ1n) is 5.47. The van der Waals surface area contributed by atoms with E-state index in [1.807, 2.05) is 6.92 Å². The lowest BCUT2D eigenvalue weighted by atomic mass is 9.95. The van der Waals surface area contributed by atoms with Crippen molar-refractivity contribution in [1.82, 2.24) is 0 Å². The summed E-state index contributed by atoms with van der Waals surface area (Å²) in [7, 11) is 0. The third-order valence-corrected chi connectivity index (χ3v) is 2.80.